The Kier molecular flexibility index (Phi) is 4.64. The number of likely N-dealkylation sites (tertiary alicyclic amines) is 1. The van der Waals surface area contributed by atoms with Crippen LogP contribution in [0.2, 0.25) is 0 Å². The van der Waals surface area contributed by atoms with E-state index >= 15 is 0 Å². The molecular weight excluding hydrogens is 182 g/mol. The Morgan fingerprint density at radius 3 is 1.87 bits per heavy atom. The summed E-state index contributed by atoms with van der Waals surface area (Å²) in [6.07, 6.45) is 2.84. The molecule has 1 fully saturated rings. The minimum Gasteiger partial charge on any atom is -0.297 e. The van der Waals surface area contributed by atoms with E-state index in [1.807, 2.05) is 0 Å². The standard InChI is InChI=1S/C14H29N/c1-10(2)13-7-8-14(11(3)4)15(9-13)12(5)6/h10-14H,7-9H2,1-6H3. The third-order valence-corrected chi connectivity index (χ3v) is 4.08. The van der Waals surface area contributed by atoms with Crippen LogP contribution in [0.1, 0.15) is 54.4 Å². The predicted molar refractivity (Wildman–Crippen MR) is 68.0 cm³/mol. The molecule has 0 spiro atoms. The van der Waals surface area contributed by atoms with Gasteiger partial charge in [0.15, 0.2) is 0 Å². The predicted octanol–water partition coefficient (Wildman–Crippen LogP) is 3.79. The Labute approximate surface area is 96.2 Å². The summed E-state index contributed by atoms with van der Waals surface area (Å²) in [4.78, 5) is 2.73. The molecule has 0 saturated carbocycles. The van der Waals surface area contributed by atoms with Crippen molar-refractivity contribution in [3.63, 3.8) is 0 Å². The molecule has 1 nitrogen and oxygen atoms in total. The van der Waals surface area contributed by atoms with E-state index in [1.165, 1.54) is 19.4 Å². The highest BCUT2D eigenvalue weighted by Gasteiger charge is 2.32. The summed E-state index contributed by atoms with van der Waals surface area (Å²) in [5.41, 5.74) is 0. The molecule has 0 aromatic rings. The third-order valence-electron chi connectivity index (χ3n) is 4.08. The van der Waals surface area contributed by atoms with E-state index in [1.54, 1.807) is 0 Å². The molecular formula is C14H29N. The van der Waals surface area contributed by atoms with Gasteiger partial charge in [0.2, 0.25) is 0 Å². The number of nitrogens with zero attached hydrogens (tertiary/aromatic N) is 1. The zero-order valence-electron chi connectivity index (χ0n) is 11.5. The van der Waals surface area contributed by atoms with Crippen LogP contribution in [-0.4, -0.2) is 23.5 Å². The molecule has 0 aromatic heterocycles. The van der Waals surface area contributed by atoms with Gasteiger partial charge in [-0.2, -0.15) is 0 Å². The Balaban J connectivity index is 2.65. The van der Waals surface area contributed by atoms with Gasteiger partial charge in [-0.15, -0.1) is 0 Å². The highest BCUT2D eigenvalue weighted by atomic mass is 15.2. The smallest absolute Gasteiger partial charge is 0.0121 e. The zero-order valence-corrected chi connectivity index (χ0v) is 11.5. The topological polar surface area (TPSA) is 3.24 Å². The molecule has 2 atom stereocenters. The highest BCUT2D eigenvalue weighted by molar-refractivity contribution is 4.86. The second kappa shape index (κ2) is 5.34. The normalized spacial score (nSPS) is 29.4. The molecule has 90 valence electrons. The zero-order chi connectivity index (χ0) is 11.6. The van der Waals surface area contributed by atoms with Gasteiger partial charge in [0, 0.05) is 18.6 Å². The second-order valence-electron chi connectivity index (χ2n) is 6.18. The maximum absolute atomic E-state index is 2.73. The first-order valence-corrected chi connectivity index (χ1v) is 6.69. The Morgan fingerprint density at radius 2 is 1.47 bits per heavy atom. The van der Waals surface area contributed by atoms with Gasteiger partial charge in [-0.3, -0.25) is 4.90 Å². The summed E-state index contributed by atoms with van der Waals surface area (Å²) in [5, 5.41) is 0. The Morgan fingerprint density at radius 1 is 0.867 bits per heavy atom. The van der Waals surface area contributed by atoms with E-state index in [2.05, 4.69) is 46.4 Å². The molecule has 1 rings (SSSR count). The van der Waals surface area contributed by atoms with E-state index in [9.17, 15) is 0 Å². The van der Waals surface area contributed by atoms with E-state index in [0.29, 0.717) is 6.04 Å². The molecule has 1 heteroatoms. The van der Waals surface area contributed by atoms with E-state index in [4.69, 9.17) is 0 Å². The monoisotopic (exact) mass is 211 g/mol. The van der Waals surface area contributed by atoms with Crippen molar-refractivity contribution in [3.05, 3.63) is 0 Å². The summed E-state index contributed by atoms with van der Waals surface area (Å²) in [7, 11) is 0. The molecule has 0 aromatic carbocycles. The highest BCUT2D eigenvalue weighted by Crippen LogP contribution is 2.31. The van der Waals surface area contributed by atoms with Crippen molar-refractivity contribution >= 4 is 0 Å². The van der Waals surface area contributed by atoms with Crippen molar-refractivity contribution in [1.82, 2.24) is 4.90 Å². The van der Waals surface area contributed by atoms with Crippen molar-refractivity contribution in [2.75, 3.05) is 6.54 Å². The first kappa shape index (κ1) is 13.0. The lowest BCUT2D eigenvalue weighted by molar-refractivity contribution is 0.0368. The van der Waals surface area contributed by atoms with Crippen LogP contribution in [-0.2, 0) is 0 Å². The van der Waals surface area contributed by atoms with Crippen LogP contribution < -0.4 is 0 Å². The van der Waals surface area contributed by atoms with Crippen LogP contribution in [0.5, 0.6) is 0 Å². The fourth-order valence-corrected chi connectivity index (χ4v) is 2.90. The summed E-state index contributed by atoms with van der Waals surface area (Å²) >= 11 is 0. The van der Waals surface area contributed by atoms with E-state index < -0.39 is 0 Å². The van der Waals surface area contributed by atoms with Crippen LogP contribution in [0.3, 0.4) is 0 Å². The van der Waals surface area contributed by atoms with Crippen LogP contribution in [0.25, 0.3) is 0 Å². The number of hydrogen-bond acceptors (Lipinski definition) is 1. The van der Waals surface area contributed by atoms with Gasteiger partial charge < -0.3 is 0 Å². The van der Waals surface area contributed by atoms with Crippen LogP contribution in [0.4, 0.5) is 0 Å². The van der Waals surface area contributed by atoms with E-state index in [-0.39, 0.29) is 0 Å². The molecule has 1 saturated heterocycles. The largest absolute Gasteiger partial charge is 0.297 e. The van der Waals surface area contributed by atoms with Crippen LogP contribution in [0, 0.1) is 17.8 Å². The molecule has 1 aliphatic heterocycles. The molecule has 0 radical (unpaired) electrons. The maximum atomic E-state index is 2.73. The SMILES string of the molecule is CC(C)C1CCC(C(C)C)N(C(C)C)C1. The van der Waals surface area contributed by atoms with Crippen molar-refractivity contribution in [2.45, 2.75) is 66.5 Å². The maximum Gasteiger partial charge on any atom is 0.0121 e. The Hall–Kier alpha value is -0.0400. The van der Waals surface area contributed by atoms with Gasteiger partial charge in [0.1, 0.15) is 0 Å². The molecule has 15 heavy (non-hydrogen) atoms. The van der Waals surface area contributed by atoms with Crippen LogP contribution >= 0.6 is 0 Å². The number of hydrogen-bond donors (Lipinski definition) is 0. The molecule has 0 bridgehead atoms. The van der Waals surface area contributed by atoms with Crippen LogP contribution in [0.15, 0.2) is 0 Å². The van der Waals surface area contributed by atoms with Gasteiger partial charge in [0.25, 0.3) is 0 Å². The average molecular weight is 211 g/mol. The fraction of sp³-hybridized carbons (Fsp3) is 1.00. The van der Waals surface area contributed by atoms with Crippen molar-refractivity contribution in [3.8, 4) is 0 Å². The quantitative estimate of drug-likeness (QED) is 0.686. The van der Waals surface area contributed by atoms with Gasteiger partial charge >= 0.3 is 0 Å². The molecule has 0 aliphatic carbocycles. The first-order chi connectivity index (χ1) is 6.93. The van der Waals surface area contributed by atoms with Crippen molar-refractivity contribution < 1.29 is 0 Å². The summed E-state index contributed by atoms with van der Waals surface area (Å²) in [6, 6.07) is 1.53. The molecule has 2 unspecified atom stereocenters. The van der Waals surface area contributed by atoms with Crippen molar-refractivity contribution in [2.24, 2.45) is 17.8 Å². The minimum absolute atomic E-state index is 0.707. The van der Waals surface area contributed by atoms with Crippen molar-refractivity contribution in [1.29, 1.82) is 0 Å². The second-order valence-corrected chi connectivity index (χ2v) is 6.18. The summed E-state index contributed by atoms with van der Waals surface area (Å²) < 4.78 is 0. The van der Waals surface area contributed by atoms with Gasteiger partial charge in [-0.25, -0.2) is 0 Å². The lowest BCUT2D eigenvalue weighted by atomic mass is 9.81. The lowest BCUT2D eigenvalue weighted by Gasteiger charge is -2.45. The fourth-order valence-electron chi connectivity index (χ4n) is 2.90. The molecule has 1 aliphatic rings. The average Bonchev–Trinajstić information content (AvgIpc) is 2.16. The number of piperidine rings is 1. The molecule has 1 heterocycles. The number of rotatable bonds is 3. The minimum atomic E-state index is 0.707. The lowest BCUT2D eigenvalue weighted by Crippen LogP contribution is -2.50. The van der Waals surface area contributed by atoms with E-state index in [0.717, 1.165) is 23.8 Å². The molecule has 0 amide bonds. The summed E-state index contributed by atoms with van der Waals surface area (Å²) in [5.74, 6) is 2.57. The van der Waals surface area contributed by atoms with Gasteiger partial charge in [-0.1, -0.05) is 27.7 Å². The Bertz CT molecular complexity index is 184. The van der Waals surface area contributed by atoms with Gasteiger partial charge in [-0.05, 0) is 44.4 Å². The first-order valence-electron chi connectivity index (χ1n) is 6.69. The summed E-state index contributed by atoms with van der Waals surface area (Å²) in [6.45, 7) is 15.5. The van der Waals surface area contributed by atoms with Gasteiger partial charge in [0.05, 0.1) is 0 Å². The third kappa shape index (κ3) is 3.21. The molecule has 0 N–H and O–H groups in total.